The van der Waals surface area contributed by atoms with Crippen LogP contribution in [0.2, 0.25) is 0 Å². The lowest BCUT2D eigenvalue weighted by molar-refractivity contribution is -0.143. The number of nitrogens with zero attached hydrogens (tertiary/aromatic N) is 2. The molecule has 2 aromatic heterocycles. The van der Waals surface area contributed by atoms with E-state index in [1.54, 1.807) is 43.8 Å². The zero-order valence-electron chi connectivity index (χ0n) is 17.6. The molecule has 1 aromatic carbocycles. The summed E-state index contributed by atoms with van der Waals surface area (Å²) < 4.78 is 12.9. The van der Waals surface area contributed by atoms with E-state index in [2.05, 4.69) is 4.99 Å². The summed E-state index contributed by atoms with van der Waals surface area (Å²) in [7, 11) is 1.60. The van der Waals surface area contributed by atoms with Gasteiger partial charge in [0.25, 0.3) is 5.56 Å². The Morgan fingerprint density at radius 3 is 2.58 bits per heavy atom. The van der Waals surface area contributed by atoms with Crippen LogP contribution in [0.3, 0.4) is 0 Å². The van der Waals surface area contributed by atoms with Gasteiger partial charge in [0.05, 0.1) is 35.1 Å². The monoisotopic (exact) mass is 454 g/mol. The van der Waals surface area contributed by atoms with E-state index in [-0.39, 0.29) is 11.7 Å². The van der Waals surface area contributed by atoms with Gasteiger partial charge in [-0.2, -0.15) is 0 Å². The Balaban J connectivity index is 1.94. The van der Waals surface area contributed by atoms with Crippen molar-refractivity contribution in [2.24, 2.45) is 4.99 Å². The van der Waals surface area contributed by atoms with E-state index in [4.69, 9.17) is 9.47 Å². The number of allylic oxidation sites excluding steroid dienone is 1. The molecule has 0 N–H and O–H groups in total. The first-order chi connectivity index (χ1) is 14.9. The van der Waals surface area contributed by atoms with Crippen molar-refractivity contribution < 1.29 is 14.3 Å². The van der Waals surface area contributed by atoms with E-state index in [9.17, 15) is 9.59 Å². The molecule has 31 heavy (non-hydrogen) atoms. The molecule has 0 fully saturated rings. The van der Waals surface area contributed by atoms with Gasteiger partial charge in [-0.3, -0.25) is 9.36 Å². The molecule has 160 valence electrons. The molecule has 1 aliphatic heterocycles. The average Bonchev–Trinajstić information content (AvgIpc) is 3.35. The fourth-order valence-corrected chi connectivity index (χ4v) is 5.23. The second kappa shape index (κ2) is 8.64. The minimum atomic E-state index is -0.626. The predicted octanol–water partition coefficient (Wildman–Crippen LogP) is 3.26. The Labute approximate surface area is 187 Å². The summed E-state index contributed by atoms with van der Waals surface area (Å²) in [6, 6.07) is 10.6. The predicted molar refractivity (Wildman–Crippen MR) is 122 cm³/mol. The average molecular weight is 455 g/mol. The van der Waals surface area contributed by atoms with Crippen LogP contribution in [0.1, 0.15) is 37.3 Å². The maximum Gasteiger partial charge on any atom is 0.338 e. The van der Waals surface area contributed by atoms with E-state index >= 15 is 0 Å². The Kier molecular flexibility index (Phi) is 5.93. The number of aromatic nitrogens is 1. The lowest BCUT2D eigenvalue weighted by Crippen LogP contribution is -2.40. The Morgan fingerprint density at radius 2 is 1.97 bits per heavy atom. The zero-order valence-corrected chi connectivity index (χ0v) is 19.3. The Morgan fingerprint density at radius 1 is 1.23 bits per heavy atom. The van der Waals surface area contributed by atoms with Gasteiger partial charge in [-0.25, -0.2) is 9.79 Å². The van der Waals surface area contributed by atoms with Crippen molar-refractivity contribution in [2.45, 2.75) is 32.9 Å². The normalized spacial score (nSPS) is 16.3. The fourth-order valence-electron chi connectivity index (χ4n) is 3.46. The van der Waals surface area contributed by atoms with Crippen molar-refractivity contribution in [3.05, 3.63) is 83.2 Å². The molecule has 1 aliphatic rings. The lowest BCUT2D eigenvalue weighted by Gasteiger charge is -2.25. The van der Waals surface area contributed by atoms with Crippen molar-refractivity contribution >= 4 is 34.7 Å². The van der Waals surface area contributed by atoms with E-state index < -0.39 is 12.0 Å². The lowest BCUT2D eigenvalue weighted by atomic mass is 9.96. The second-order valence-electron chi connectivity index (χ2n) is 7.32. The summed E-state index contributed by atoms with van der Waals surface area (Å²) in [5, 5.41) is 1.97. The summed E-state index contributed by atoms with van der Waals surface area (Å²) in [4.78, 5) is 32.6. The molecule has 3 aromatic rings. The molecule has 4 rings (SSSR count). The van der Waals surface area contributed by atoms with Gasteiger partial charge < -0.3 is 9.47 Å². The van der Waals surface area contributed by atoms with Crippen LogP contribution in [0.25, 0.3) is 6.08 Å². The number of esters is 1. The van der Waals surface area contributed by atoms with E-state index in [1.807, 2.05) is 47.9 Å². The number of hydrogen-bond acceptors (Lipinski definition) is 7. The molecule has 0 saturated heterocycles. The van der Waals surface area contributed by atoms with Crippen LogP contribution in [0.4, 0.5) is 0 Å². The molecule has 0 saturated carbocycles. The van der Waals surface area contributed by atoms with Crippen molar-refractivity contribution in [1.82, 2.24) is 4.57 Å². The molecule has 0 aliphatic carbocycles. The van der Waals surface area contributed by atoms with Crippen LogP contribution < -0.4 is 19.6 Å². The number of ether oxygens (including phenoxy) is 2. The highest BCUT2D eigenvalue weighted by molar-refractivity contribution is 7.11. The van der Waals surface area contributed by atoms with Gasteiger partial charge in [0.2, 0.25) is 0 Å². The topological polar surface area (TPSA) is 69.9 Å². The van der Waals surface area contributed by atoms with Gasteiger partial charge in [-0.1, -0.05) is 29.5 Å². The third-order valence-electron chi connectivity index (χ3n) is 4.83. The highest BCUT2D eigenvalue weighted by Gasteiger charge is 2.33. The number of benzene rings is 1. The molecule has 0 spiro atoms. The van der Waals surface area contributed by atoms with Gasteiger partial charge in [-0.05, 0) is 56.0 Å². The summed E-state index contributed by atoms with van der Waals surface area (Å²) in [6.45, 7) is 5.38. The number of thiophene rings is 1. The van der Waals surface area contributed by atoms with Crippen molar-refractivity contribution in [1.29, 1.82) is 0 Å². The molecule has 0 unspecified atom stereocenters. The number of methoxy groups -OCH3 is 1. The number of carbonyl (C=O) groups is 1. The Bertz CT molecular complexity index is 1310. The molecule has 0 radical (unpaired) electrons. The van der Waals surface area contributed by atoms with Crippen molar-refractivity contribution in [3.63, 3.8) is 0 Å². The highest BCUT2D eigenvalue weighted by atomic mass is 32.1. The number of fused-ring (bicyclic) bond motifs is 1. The zero-order chi connectivity index (χ0) is 22.1. The molecular weight excluding hydrogens is 432 g/mol. The van der Waals surface area contributed by atoms with Gasteiger partial charge in [0.15, 0.2) is 4.80 Å². The first kappa shape index (κ1) is 21.3. The summed E-state index contributed by atoms with van der Waals surface area (Å²) in [5.74, 6) is 0.227. The van der Waals surface area contributed by atoms with Gasteiger partial charge in [0.1, 0.15) is 5.75 Å². The number of carbonyl (C=O) groups excluding carboxylic acids is 1. The summed E-state index contributed by atoms with van der Waals surface area (Å²) in [5.41, 5.74) is 1.53. The van der Waals surface area contributed by atoms with Gasteiger partial charge in [0, 0.05) is 4.88 Å². The summed E-state index contributed by atoms with van der Waals surface area (Å²) >= 11 is 2.88. The standard InChI is InChI=1S/C23H22N2O4S2/c1-13(2)29-22(27)19-14(3)24-23-25(20(19)15-7-9-16(28-4)10-8-15)21(26)18(31-23)12-17-6-5-11-30-17/h5-13,20H,1-4H3/t20-/m1/s1. The van der Waals surface area contributed by atoms with Crippen molar-refractivity contribution in [3.8, 4) is 5.75 Å². The Hall–Kier alpha value is -2.97. The first-order valence-corrected chi connectivity index (χ1v) is 11.5. The van der Waals surface area contributed by atoms with Crippen molar-refractivity contribution in [2.75, 3.05) is 7.11 Å². The number of rotatable bonds is 5. The SMILES string of the molecule is COc1ccc([C@@H]2C(C(=O)OC(C)C)=C(C)N=c3sc(=Cc4cccs4)c(=O)n32)cc1. The molecule has 1 atom stereocenters. The third kappa shape index (κ3) is 4.13. The maximum atomic E-state index is 13.4. The van der Waals surface area contributed by atoms with Gasteiger partial charge >= 0.3 is 5.97 Å². The first-order valence-electron chi connectivity index (χ1n) is 9.80. The van der Waals surface area contributed by atoms with Crippen LogP contribution in [-0.4, -0.2) is 23.8 Å². The van der Waals surface area contributed by atoms with Crippen LogP contribution in [-0.2, 0) is 9.53 Å². The number of hydrogen-bond donors (Lipinski definition) is 0. The quantitative estimate of drug-likeness (QED) is 0.555. The smallest absolute Gasteiger partial charge is 0.338 e. The largest absolute Gasteiger partial charge is 0.497 e. The molecule has 6 nitrogen and oxygen atoms in total. The molecular formula is C23H22N2O4S2. The molecule has 3 heterocycles. The van der Waals surface area contributed by atoms with Crippen LogP contribution in [0.15, 0.2) is 62.8 Å². The van der Waals surface area contributed by atoms with Crippen LogP contribution in [0.5, 0.6) is 5.75 Å². The van der Waals surface area contributed by atoms with Gasteiger partial charge in [-0.15, -0.1) is 11.3 Å². The summed E-state index contributed by atoms with van der Waals surface area (Å²) in [6.07, 6.45) is 1.58. The highest BCUT2D eigenvalue weighted by Crippen LogP contribution is 2.31. The van der Waals surface area contributed by atoms with E-state index in [0.717, 1.165) is 10.4 Å². The molecule has 0 amide bonds. The maximum absolute atomic E-state index is 13.4. The molecule has 8 heteroatoms. The molecule has 0 bridgehead atoms. The third-order valence-corrected chi connectivity index (χ3v) is 6.63. The second-order valence-corrected chi connectivity index (χ2v) is 9.31. The minimum Gasteiger partial charge on any atom is -0.497 e. The minimum absolute atomic E-state index is 0.180. The van der Waals surface area contributed by atoms with E-state index in [1.165, 1.54) is 11.3 Å². The van der Waals surface area contributed by atoms with E-state index in [0.29, 0.717) is 26.4 Å². The number of thiazole rings is 1. The fraction of sp³-hybridized carbons (Fsp3) is 0.261. The van der Waals surface area contributed by atoms with Crippen LogP contribution in [0, 0.1) is 0 Å². The van der Waals surface area contributed by atoms with Crippen LogP contribution >= 0.6 is 22.7 Å².